The van der Waals surface area contributed by atoms with E-state index in [1.165, 1.54) is 18.2 Å². The second-order valence-corrected chi connectivity index (χ2v) is 7.25. The zero-order valence-electron chi connectivity index (χ0n) is 15.0. The zero-order chi connectivity index (χ0) is 18.8. The molecule has 0 radical (unpaired) electrons. The Labute approximate surface area is 156 Å². The molecule has 2 aromatic carbocycles. The van der Waals surface area contributed by atoms with Crippen molar-refractivity contribution < 1.29 is 8.81 Å². The van der Waals surface area contributed by atoms with E-state index < -0.39 is 0 Å². The van der Waals surface area contributed by atoms with Gasteiger partial charge in [-0.15, -0.1) is 0 Å². The van der Waals surface area contributed by atoms with Gasteiger partial charge in [-0.25, -0.2) is 9.18 Å². The zero-order valence-corrected chi connectivity index (χ0v) is 15.7. The Morgan fingerprint density at radius 3 is 2.50 bits per heavy atom. The van der Waals surface area contributed by atoms with Crippen LogP contribution >= 0.6 is 11.6 Å². The molecule has 0 amide bonds. The van der Waals surface area contributed by atoms with Gasteiger partial charge in [0.15, 0.2) is 0 Å². The molecule has 0 saturated heterocycles. The van der Waals surface area contributed by atoms with Gasteiger partial charge in [0.25, 0.3) is 0 Å². The van der Waals surface area contributed by atoms with Crippen LogP contribution in [0.1, 0.15) is 36.6 Å². The van der Waals surface area contributed by atoms with Crippen molar-refractivity contribution in [2.75, 3.05) is 0 Å². The van der Waals surface area contributed by atoms with E-state index in [0.717, 1.165) is 22.1 Å². The molecule has 1 N–H and O–H groups in total. The molecule has 3 nitrogen and oxygen atoms in total. The van der Waals surface area contributed by atoms with E-state index in [-0.39, 0.29) is 23.4 Å². The van der Waals surface area contributed by atoms with Crippen LogP contribution in [0.15, 0.2) is 51.7 Å². The highest BCUT2D eigenvalue weighted by Gasteiger charge is 2.17. The Kier molecular flexibility index (Phi) is 5.44. The average molecular weight is 374 g/mol. The van der Waals surface area contributed by atoms with E-state index in [0.29, 0.717) is 17.2 Å². The number of aryl methyl sites for hydroxylation is 1. The molecule has 0 aliphatic heterocycles. The third kappa shape index (κ3) is 3.97. The van der Waals surface area contributed by atoms with Gasteiger partial charge in [-0.1, -0.05) is 37.6 Å². The standard InChI is InChI=1S/C21H21ClFNO2/c1-12(2)21(14-4-6-16(23)7-5-14)24-11-15-9-20(25)26-19-8-13(3)18(22)10-17(15)19/h4-10,12,21,24H,11H2,1-3H3/t21-/m1/s1. The van der Waals surface area contributed by atoms with Crippen molar-refractivity contribution in [2.45, 2.75) is 33.4 Å². The molecule has 0 saturated carbocycles. The number of hydrogen-bond donors (Lipinski definition) is 1. The summed E-state index contributed by atoms with van der Waals surface area (Å²) in [6, 6.07) is 11.6. The maximum Gasteiger partial charge on any atom is 0.336 e. The van der Waals surface area contributed by atoms with Gasteiger partial charge >= 0.3 is 5.63 Å². The Hall–Kier alpha value is -2.17. The van der Waals surface area contributed by atoms with Crippen molar-refractivity contribution >= 4 is 22.6 Å². The highest BCUT2D eigenvalue weighted by molar-refractivity contribution is 6.32. The molecule has 5 heteroatoms. The van der Waals surface area contributed by atoms with E-state index in [1.807, 2.05) is 13.0 Å². The first kappa shape index (κ1) is 18.6. The van der Waals surface area contributed by atoms with Crippen LogP contribution in [0.5, 0.6) is 0 Å². The summed E-state index contributed by atoms with van der Waals surface area (Å²) in [4.78, 5) is 11.9. The number of hydrogen-bond acceptors (Lipinski definition) is 3. The lowest BCUT2D eigenvalue weighted by atomic mass is 9.95. The maximum atomic E-state index is 13.2. The van der Waals surface area contributed by atoms with Gasteiger partial charge in [0.1, 0.15) is 11.4 Å². The molecule has 3 rings (SSSR count). The van der Waals surface area contributed by atoms with Crippen LogP contribution in [-0.2, 0) is 6.54 Å². The predicted molar refractivity (Wildman–Crippen MR) is 103 cm³/mol. The van der Waals surface area contributed by atoms with Gasteiger partial charge in [-0.05, 0) is 53.8 Å². The summed E-state index contributed by atoms with van der Waals surface area (Å²) in [6.07, 6.45) is 0. The molecular weight excluding hydrogens is 353 g/mol. The van der Waals surface area contributed by atoms with Crippen molar-refractivity contribution in [2.24, 2.45) is 5.92 Å². The van der Waals surface area contributed by atoms with Gasteiger partial charge in [0, 0.05) is 29.1 Å². The van der Waals surface area contributed by atoms with Crippen LogP contribution in [0.3, 0.4) is 0 Å². The van der Waals surface area contributed by atoms with Crippen LogP contribution in [0.2, 0.25) is 5.02 Å². The maximum absolute atomic E-state index is 13.2. The molecule has 1 heterocycles. The van der Waals surface area contributed by atoms with E-state index in [1.54, 1.807) is 18.2 Å². The first-order valence-electron chi connectivity index (χ1n) is 8.57. The lowest BCUT2D eigenvalue weighted by Crippen LogP contribution is -2.26. The van der Waals surface area contributed by atoms with Crippen LogP contribution in [-0.4, -0.2) is 0 Å². The fraction of sp³-hybridized carbons (Fsp3) is 0.286. The summed E-state index contributed by atoms with van der Waals surface area (Å²) in [5, 5.41) is 4.92. The number of fused-ring (bicyclic) bond motifs is 1. The average Bonchev–Trinajstić information content (AvgIpc) is 2.58. The summed E-state index contributed by atoms with van der Waals surface area (Å²) < 4.78 is 18.5. The summed E-state index contributed by atoms with van der Waals surface area (Å²) in [5.41, 5.74) is 2.82. The van der Waals surface area contributed by atoms with E-state index >= 15 is 0 Å². The highest BCUT2D eigenvalue weighted by Crippen LogP contribution is 2.27. The number of halogens is 2. The van der Waals surface area contributed by atoms with Crippen LogP contribution < -0.4 is 10.9 Å². The summed E-state index contributed by atoms with van der Waals surface area (Å²) >= 11 is 6.25. The number of nitrogens with one attached hydrogen (secondary N) is 1. The molecule has 0 aliphatic rings. The third-order valence-electron chi connectivity index (χ3n) is 4.52. The lowest BCUT2D eigenvalue weighted by Gasteiger charge is -2.23. The van der Waals surface area contributed by atoms with E-state index in [4.69, 9.17) is 16.0 Å². The molecule has 3 aromatic rings. The van der Waals surface area contributed by atoms with Gasteiger partial charge in [-0.2, -0.15) is 0 Å². The molecule has 0 fully saturated rings. The van der Waals surface area contributed by atoms with Crippen LogP contribution in [0.4, 0.5) is 4.39 Å². The second kappa shape index (κ2) is 7.60. The monoisotopic (exact) mass is 373 g/mol. The minimum absolute atomic E-state index is 0.0267. The molecule has 1 aromatic heterocycles. The fourth-order valence-corrected chi connectivity index (χ4v) is 3.29. The Morgan fingerprint density at radius 1 is 1.15 bits per heavy atom. The van der Waals surface area contributed by atoms with Crippen LogP contribution in [0.25, 0.3) is 11.0 Å². The molecular formula is C21H21ClFNO2. The van der Waals surface area contributed by atoms with E-state index in [2.05, 4.69) is 19.2 Å². The van der Waals surface area contributed by atoms with Gasteiger partial charge in [-0.3, -0.25) is 0 Å². The quantitative estimate of drug-likeness (QED) is 0.610. The van der Waals surface area contributed by atoms with Crippen molar-refractivity contribution in [3.05, 3.63) is 80.4 Å². The largest absolute Gasteiger partial charge is 0.423 e. The van der Waals surface area contributed by atoms with E-state index in [9.17, 15) is 9.18 Å². The number of rotatable bonds is 5. The van der Waals surface area contributed by atoms with Crippen LogP contribution in [0, 0.1) is 18.7 Å². The van der Waals surface area contributed by atoms with Crippen molar-refractivity contribution in [3.8, 4) is 0 Å². The SMILES string of the molecule is Cc1cc2oc(=O)cc(CN[C@@H](c3ccc(F)cc3)C(C)C)c2cc1Cl. The molecule has 0 aliphatic carbocycles. The molecule has 1 atom stereocenters. The van der Waals surface area contributed by atoms with Crippen molar-refractivity contribution in [1.82, 2.24) is 5.32 Å². The van der Waals surface area contributed by atoms with Crippen molar-refractivity contribution in [3.63, 3.8) is 0 Å². The minimum Gasteiger partial charge on any atom is -0.423 e. The van der Waals surface area contributed by atoms with Gasteiger partial charge < -0.3 is 9.73 Å². The lowest BCUT2D eigenvalue weighted by molar-refractivity contribution is 0.410. The molecule has 26 heavy (non-hydrogen) atoms. The predicted octanol–water partition coefficient (Wildman–Crippen LogP) is 5.38. The molecule has 136 valence electrons. The second-order valence-electron chi connectivity index (χ2n) is 6.84. The minimum atomic E-state index is -0.390. The first-order valence-corrected chi connectivity index (χ1v) is 8.94. The fourth-order valence-electron chi connectivity index (χ4n) is 3.12. The molecule has 0 spiro atoms. The highest BCUT2D eigenvalue weighted by atomic mass is 35.5. The summed E-state index contributed by atoms with van der Waals surface area (Å²) in [6.45, 7) is 6.54. The Bertz CT molecular complexity index is 980. The first-order chi connectivity index (χ1) is 12.3. The smallest absolute Gasteiger partial charge is 0.336 e. The number of benzene rings is 2. The third-order valence-corrected chi connectivity index (χ3v) is 4.92. The van der Waals surface area contributed by atoms with Crippen molar-refractivity contribution in [1.29, 1.82) is 0 Å². The van der Waals surface area contributed by atoms with Gasteiger partial charge in [0.2, 0.25) is 0 Å². The van der Waals surface area contributed by atoms with Gasteiger partial charge in [0.05, 0.1) is 0 Å². The normalized spacial score (nSPS) is 12.7. The molecule has 0 bridgehead atoms. The summed E-state index contributed by atoms with van der Waals surface area (Å²) in [5.74, 6) is 0.0330. The summed E-state index contributed by atoms with van der Waals surface area (Å²) in [7, 11) is 0. The Morgan fingerprint density at radius 2 is 1.85 bits per heavy atom. The molecule has 0 unspecified atom stereocenters. The topological polar surface area (TPSA) is 42.2 Å². The Balaban J connectivity index is 1.93.